The van der Waals surface area contributed by atoms with Crippen molar-refractivity contribution in [3.8, 4) is 0 Å². The van der Waals surface area contributed by atoms with Crippen LogP contribution in [0.25, 0.3) is 0 Å². The summed E-state index contributed by atoms with van der Waals surface area (Å²) in [6.07, 6.45) is -0.545. The number of benzene rings is 1. The minimum Gasteiger partial charge on any atom is -0.390 e. The highest BCUT2D eigenvalue weighted by atomic mass is 35.5. The van der Waals surface area contributed by atoms with Gasteiger partial charge in [-0.15, -0.1) is 0 Å². The maximum absolute atomic E-state index is 12.3. The molecule has 0 aliphatic carbocycles. The number of amides is 1. The summed E-state index contributed by atoms with van der Waals surface area (Å²) in [4.78, 5) is 18.4. The molecule has 2 rings (SSSR count). The Balaban J connectivity index is 1.83. The highest BCUT2D eigenvalue weighted by Gasteiger charge is 2.20. The Bertz CT molecular complexity index is 504. The van der Waals surface area contributed by atoms with Gasteiger partial charge in [0.25, 0.3) is 5.91 Å². The van der Waals surface area contributed by atoms with Gasteiger partial charge in [0, 0.05) is 56.9 Å². The van der Waals surface area contributed by atoms with Crippen molar-refractivity contribution in [2.45, 2.75) is 6.10 Å². The first-order valence-electron chi connectivity index (χ1n) is 7.55. The van der Waals surface area contributed by atoms with E-state index in [4.69, 9.17) is 11.6 Å². The zero-order chi connectivity index (χ0) is 16.1. The molecule has 1 aliphatic heterocycles. The van der Waals surface area contributed by atoms with E-state index in [1.54, 1.807) is 36.2 Å². The molecular weight excluding hydrogens is 302 g/mol. The SMILES string of the molecule is CN1CCN(CC(O)CN(C)C(=O)c2cccc(Cl)c2)CC1. The number of hydrogen-bond acceptors (Lipinski definition) is 4. The van der Waals surface area contributed by atoms with Crippen LogP contribution in [-0.2, 0) is 0 Å². The Morgan fingerprint density at radius 2 is 2.05 bits per heavy atom. The molecule has 0 saturated carbocycles. The molecule has 0 bridgehead atoms. The van der Waals surface area contributed by atoms with Crippen LogP contribution in [0.5, 0.6) is 0 Å². The first kappa shape index (κ1) is 17.2. The van der Waals surface area contributed by atoms with Gasteiger partial charge in [-0.1, -0.05) is 17.7 Å². The number of rotatable bonds is 5. The molecule has 1 fully saturated rings. The van der Waals surface area contributed by atoms with E-state index in [1.165, 1.54) is 0 Å². The quantitative estimate of drug-likeness (QED) is 0.878. The number of aliphatic hydroxyl groups is 1. The maximum atomic E-state index is 12.3. The molecule has 0 aromatic heterocycles. The molecule has 1 atom stereocenters. The number of piperazine rings is 1. The summed E-state index contributed by atoms with van der Waals surface area (Å²) in [6, 6.07) is 6.87. The van der Waals surface area contributed by atoms with Crippen molar-refractivity contribution in [3.05, 3.63) is 34.9 Å². The van der Waals surface area contributed by atoms with Gasteiger partial charge < -0.3 is 14.9 Å². The Morgan fingerprint density at radius 1 is 1.36 bits per heavy atom. The molecule has 1 aromatic carbocycles. The predicted molar refractivity (Wildman–Crippen MR) is 88.4 cm³/mol. The van der Waals surface area contributed by atoms with E-state index in [9.17, 15) is 9.90 Å². The molecule has 122 valence electrons. The van der Waals surface area contributed by atoms with Crippen LogP contribution in [0.15, 0.2) is 24.3 Å². The van der Waals surface area contributed by atoms with Gasteiger partial charge in [-0.05, 0) is 25.2 Å². The van der Waals surface area contributed by atoms with Gasteiger partial charge >= 0.3 is 0 Å². The lowest BCUT2D eigenvalue weighted by molar-refractivity contribution is 0.0501. The molecule has 1 heterocycles. The van der Waals surface area contributed by atoms with Gasteiger partial charge in [-0.2, -0.15) is 0 Å². The van der Waals surface area contributed by atoms with Crippen molar-refractivity contribution in [1.29, 1.82) is 0 Å². The molecule has 1 aliphatic rings. The van der Waals surface area contributed by atoms with Crippen LogP contribution < -0.4 is 0 Å². The third-order valence-corrected chi connectivity index (χ3v) is 4.20. The van der Waals surface area contributed by atoms with Gasteiger partial charge in [-0.25, -0.2) is 0 Å². The minimum atomic E-state index is -0.545. The largest absolute Gasteiger partial charge is 0.390 e. The lowest BCUT2D eigenvalue weighted by Crippen LogP contribution is -2.49. The normalized spacial score (nSPS) is 18.2. The van der Waals surface area contributed by atoms with Crippen molar-refractivity contribution >= 4 is 17.5 Å². The Labute approximate surface area is 137 Å². The Morgan fingerprint density at radius 3 is 2.68 bits per heavy atom. The zero-order valence-electron chi connectivity index (χ0n) is 13.2. The number of hydrogen-bond donors (Lipinski definition) is 1. The highest BCUT2D eigenvalue weighted by molar-refractivity contribution is 6.30. The molecule has 1 unspecified atom stereocenters. The van der Waals surface area contributed by atoms with Crippen molar-refractivity contribution in [2.24, 2.45) is 0 Å². The maximum Gasteiger partial charge on any atom is 0.253 e. The fourth-order valence-electron chi connectivity index (χ4n) is 2.63. The van der Waals surface area contributed by atoms with Crippen LogP contribution in [0.2, 0.25) is 5.02 Å². The van der Waals surface area contributed by atoms with E-state index in [1.807, 2.05) is 0 Å². The van der Waals surface area contributed by atoms with Gasteiger partial charge in [0.2, 0.25) is 0 Å². The molecule has 0 spiro atoms. The summed E-state index contributed by atoms with van der Waals surface area (Å²) < 4.78 is 0. The average Bonchev–Trinajstić information content (AvgIpc) is 2.48. The lowest BCUT2D eigenvalue weighted by atomic mass is 10.2. The van der Waals surface area contributed by atoms with Crippen molar-refractivity contribution < 1.29 is 9.90 Å². The summed E-state index contributed by atoms with van der Waals surface area (Å²) >= 11 is 5.91. The summed E-state index contributed by atoms with van der Waals surface area (Å²) in [5.74, 6) is -0.125. The Kier molecular flexibility index (Phi) is 6.20. The van der Waals surface area contributed by atoms with E-state index in [0.29, 0.717) is 23.7 Å². The van der Waals surface area contributed by atoms with Crippen LogP contribution >= 0.6 is 11.6 Å². The fourth-order valence-corrected chi connectivity index (χ4v) is 2.82. The topological polar surface area (TPSA) is 47.0 Å². The summed E-state index contributed by atoms with van der Waals surface area (Å²) in [5, 5.41) is 10.8. The molecule has 1 amide bonds. The van der Waals surface area contributed by atoms with Gasteiger partial charge in [0.15, 0.2) is 0 Å². The molecule has 1 aromatic rings. The molecular formula is C16H24ClN3O2. The molecule has 22 heavy (non-hydrogen) atoms. The molecule has 0 radical (unpaired) electrons. The highest BCUT2D eigenvalue weighted by Crippen LogP contribution is 2.12. The second-order valence-electron chi connectivity index (χ2n) is 5.95. The molecule has 6 heteroatoms. The first-order valence-corrected chi connectivity index (χ1v) is 7.93. The van der Waals surface area contributed by atoms with E-state index in [2.05, 4.69) is 16.8 Å². The van der Waals surface area contributed by atoms with Gasteiger partial charge in [0.1, 0.15) is 0 Å². The third kappa shape index (κ3) is 4.95. The zero-order valence-corrected chi connectivity index (χ0v) is 14.0. The van der Waals surface area contributed by atoms with Crippen LogP contribution in [0.1, 0.15) is 10.4 Å². The second kappa shape index (κ2) is 7.92. The van der Waals surface area contributed by atoms with E-state index >= 15 is 0 Å². The van der Waals surface area contributed by atoms with E-state index < -0.39 is 6.10 Å². The van der Waals surface area contributed by atoms with Crippen LogP contribution in [0.3, 0.4) is 0 Å². The number of likely N-dealkylation sites (N-methyl/N-ethyl adjacent to an activating group) is 2. The number of β-amino-alcohol motifs (C(OH)–C–C–N with tert-alkyl or cyclic N) is 1. The summed E-state index contributed by atoms with van der Waals surface area (Å²) in [7, 11) is 3.81. The standard InChI is InChI=1S/C16H24ClN3O2/c1-18-6-8-20(9-7-18)12-15(21)11-19(2)16(22)13-4-3-5-14(17)10-13/h3-5,10,15,21H,6-9,11-12H2,1-2H3. The van der Waals surface area contributed by atoms with Crippen LogP contribution in [-0.4, -0.2) is 85.2 Å². The molecule has 1 saturated heterocycles. The van der Waals surface area contributed by atoms with Crippen molar-refractivity contribution in [2.75, 3.05) is 53.4 Å². The third-order valence-electron chi connectivity index (χ3n) is 3.97. The fraction of sp³-hybridized carbons (Fsp3) is 0.562. The van der Waals surface area contributed by atoms with Crippen molar-refractivity contribution in [3.63, 3.8) is 0 Å². The van der Waals surface area contributed by atoms with Gasteiger partial charge in [-0.3, -0.25) is 9.69 Å². The number of halogens is 1. The van der Waals surface area contributed by atoms with Crippen LogP contribution in [0.4, 0.5) is 0 Å². The first-order chi connectivity index (χ1) is 10.5. The lowest BCUT2D eigenvalue weighted by Gasteiger charge is -2.34. The monoisotopic (exact) mass is 325 g/mol. The van der Waals surface area contributed by atoms with Crippen LogP contribution in [0, 0.1) is 0 Å². The average molecular weight is 326 g/mol. The van der Waals surface area contributed by atoms with Crippen molar-refractivity contribution in [1.82, 2.24) is 14.7 Å². The number of aliphatic hydroxyl groups excluding tert-OH is 1. The number of carbonyl (C=O) groups is 1. The van der Waals surface area contributed by atoms with E-state index in [-0.39, 0.29) is 5.91 Å². The summed E-state index contributed by atoms with van der Waals surface area (Å²) in [5.41, 5.74) is 0.543. The number of carbonyl (C=O) groups excluding carboxylic acids is 1. The molecule has 5 nitrogen and oxygen atoms in total. The summed E-state index contributed by atoms with van der Waals surface area (Å²) in [6.45, 7) is 4.87. The van der Waals surface area contributed by atoms with Gasteiger partial charge in [0.05, 0.1) is 6.10 Å². The predicted octanol–water partition coefficient (Wildman–Crippen LogP) is 1.02. The smallest absolute Gasteiger partial charge is 0.253 e. The Hall–Kier alpha value is -1.14. The second-order valence-corrected chi connectivity index (χ2v) is 6.39. The number of nitrogens with zero attached hydrogens (tertiary/aromatic N) is 3. The van der Waals surface area contributed by atoms with E-state index in [0.717, 1.165) is 26.2 Å². The molecule has 1 N–H and O–H groups in total. The minimum absolute atomic E-state index is 0.125.